The van der Waals surface area contributed by atoms with E-state index < -0.39 is 0 Å². The van der Waals surface area contributed by atoms with Gasteiger partial charge in [0.15, 0.2) is 5.97 Å². The summed E-state index contributed by atoms with van der Waals surface area (Å²) in [7, 11) is 0. The zero-order valence-electron chi connectivity index (χ0n) is 12.1. The third kappa shape index (κ3) is 3.26. The Hall–Kier alpha value is 0.444. The van der Waals surface area contributed by atoms with Crippen LogP contribution in [0.3, 0.4) is 0 Å². The first-order chi connectivity index (χ1) is 7.24. The molecule has 0 spiro atoms. The van der Waals surface area contributed by atoms with Crippen LogP contribution < -0.4 is 0 Å². The molecule has 1 aliphatic carbocycles. The Morgan fingerprint density at radius 1 is 1.41 bits per heavy atom. The molecular formula is C14H25O2Y-. The van der Waals surface area contributed by atoms with Crippen molar-refractivity contribution < 1.29 is 42.2 Å². The zero-order valence-corrected chi connectivity index (χ0v) is 14.9. The normalized spacial score (nSPS) is 30.6. The molecule has 1 fully saturated rings. The van der Waals surface area contributed by atoms with Crippen LogP contribution in [-0.4, -0.2) is 11.6 Å². The third-order valence-corrected chi connectivity index (χ3v) is 4.67. The van der Waals surface area contributed by atoms with Gasteiger partial charge in [0, 0.05) is 38.1 Å². The molecule has 3 heteroatoms. The van der Waals surface area contributed by atoms with E-state index in [-0.39, 0.29) is 49.7 Å². The smallest absolute Gasteiger partial charge is 0.170 e. The molecule has 97 valence electrons. The zero-order chi connectivity index (χ0) is 12.6. The number of esters is 1. The van der Waals surface area contributed by atoms with Crippen molar-refractivity contribution in [3.05, 3.63) is 5.92 Å². The predicted molar refractivity (Wildman–Crippen MR) is 65.9 cm³/mol. The molecule has 0 bridgehead atoms. The maximum atomic E-state index is 11.9. The van der Waals surface area contributed by atoms with E-state index in [1.165, 1.54) is 0 Å². The standard InChI is InChI=1S/C14H25O2.Y/c1-7-10(2)12(15)16-14(6)11(3)8-9-13(14,4)5;/h11H,7-9H2,1-6H3;/q-1;. The van der Waals surface area contributed by atoms with E-state index in [9.17, 15) is 4.79 Å². The van der Waals surface area contributed by atoms with Crippen molar-refractivity contribution in [2.75, 3.05) is 0 Å². The van der Waals surface area contributed by atoms with Crippen LogP contribution in [-0.2, 0) is 42.2 Å². The minimum atomic E-state index is -0.319. The molecule has 1 aliphatic rings. The van der Waals surface area contributed by atoms with E-state index in [0.29, 0.717) is 5.92 Å². The molecule has 0 heterocycles. The van der Waals surface area contributed by atoms with Gasteiger partial charge in [-0.15, -0.1) is 0 Å². The van der Waals surface area contributed by atoms with Gasteiger partial charge < -0.3 is 4.74 Å². The topological polar surface area (TPSA) is 26.3 Å². The first-order valence-electron chi connectivity index (χ1n) is 6.30. The molecule has 0 aliphatic heterocycles. The molecule has 1 saturated carbocycles. The Kier molecular flexibility index (Phi) is 6.22. The van der Waals surface area contributed by atoms with E-state index in [1.807, 2.05) is 13.8 Å². The second-order valence-electron chi connectivity index (χ2n) is 5.95. The molecule has 2 unspecified atom stereocenters. The summed E-state index contributed by atoms with van der Waals surface area (Å²) in [6.45, 7) is 12.5. The number of carbonyl (C=O) groups is 1. The van der Waals surface area contributed by atoms with Crippen LogP contribution in [0, 0.1) is 17.3 Å². The second-order valence-corrected chi connectivity index (χ2v) is 5.95. The van der Waals surface area contributed by atoms with Gasteiger partial charge in [-0.2, -0.15) is 13.3 Å². The van der Waals surface area contributed by atoms with Gasteiger partial charge in [0.25, 0.3) is 0 Å². The van der Waals surface area contributed by atoms with Crippen molar-refractivity contribution in [2.45, 2.75) is 66.4 Å². The van der Waals surface area contributed by atoms with Gasteiger partial charge in [-0.3, -0.25) is 10.7 Å². The maximum absolute atomic E-state index is 11.9. The van der Waals surface area contributed by atoms with Crippen molar-refractivity contribution in [1.82, 2.24) is 0 Å². The van der Waals surface area contributed by atoms with Crippen molar-refractivity contribution in [3.63, 3.8) is 0 Å². The van der Waals surface area contributed by atoms with Crippen LogP contribution in [0.25, 0.3) is 0 Å². The first kappa shape index (κ1) is 17.4. The van der Waals surface area contributed by atoms with Gasteiger partial charge in [-0.25, -0.2) is 0 Å². The summed E-state index contributed by atoms with van der Waals surface area (Å²) in [5, 5.41) is 0. The minimum Gasteiger partial charge on any atom is -0.481 e. The van der Waals surface area contributed by atoms with Crippen LogP contribution in [0.5, 0.6) is 0 Å². The molecular weight excluding hydrogens is 289 g/mol. The van der Waals surface area contributed by atoms with Crippen LogP contribution >= 0.6 is 0 Å². The molecule has 2 nitrogen and oxygen atoms in total. The Balaban J connectivity index is 0.00000256. The molecule has 0 saturated heterocycles. The van der Waals surface area contributed by atoms with Crippen LogP contribution in [0.15, 0.2) is 0 Å². The number of hydrogen-bond acceptors (Lipinski definition) is 2. The average Bonchev–Trinajstić information content (AvgIpc) is 2.41. The molecule has 2 atom stereocenters. The number of ether oxygens (including phenoxy) is 1. The fourth-order valence-electron chi connectivity index (χ4n) is 2.43. The Labute approximate surface area is 131 Å². The SMILES string of the molecule is CC[C-](C)C(=O)OC1(C)C(C)CCC1(C)C.[Y]. The van der Waals surface area contributed by atoms with E-state index >= 15 is 0 Å². The van der Waals surface area contributed by atoms with E-state index in [1.54, 1.807) is 0 Å². The summed E-state index contributed by atoms with van der Waals surface area (Å²) in [6, 6.07) is 0. The fraction of sp³-hybridized carbons (Fsp3) is 0.857. The summed E-state index contributed by atoms with van der Waals surface area (Å²) in [5.74, 6) is 1.14. The monoisotopic (exact) mass is 314 g/mol. The second kappa shape index (κ2) is 6.06. The van der Waals surface area contributed by atoms with Crippen LogP contribution in [0.1, 0.15) is 60.8 Å². The third-order valence-electron chi connectivity index (χ3n) is 4.67. The van der Waals surface area contributed by atoms with Gasteiger partial charge in [-0.05, 0) is 25.7 Å². The van der Waals surface area contributed by atoms with E-state index in [4.69, 9.17) is 4.74 Å². The predicted octanol–water partition coefficient (Wildman–Crippen LogP) is 3.75. The Morgan fingerprint density at radius 3 is 2.29 bits per heavy atom. The van der Waals surface area contributed by atoms with Crippen molar-refractivity contribution in [2.24, 2.45) is 11.3 Å². The van der Waals surface area contributed by atoms with Gasteiger partial charge in [0.2, 0.25) is 0 Å². The van der Waals surface area contributed by atoms with Crippen molar-refractivity contribution in [3.8, 4) is 0 Å². The van der Waals surface area contributed by atoms with Crippen LogP contribution in [0.2, 0.25) is 0 Å². The number of rotatable bonds is 3. The molecule has 1 rings (SSSR count). The molecule has 0 amide bonds. The maximum Gasteiger partial charge on any atom is 0.170 e. The van der Waals surface area contributed by atoms with E-state index in [2.05, 4.69) is 27.7 Å². The van der Waals surface area contributed by atoms with Gasteiger partial charge in [-0.1, -0.05) is 27.7 Å². The van der Waals surface area contributed by atoms with Crippen molar-refractivity contribution >= 4 is 5.97 Å². The molecule has 0 aromatic heterocycles. The summed E-state index contributed by atoms with van der Waals surface area (Å²) in [6.07, 6.45) is 3.04. The Morgan fingerprint density at radius 2 is 1.94 bits per heavy atom. The molecule has 0 aromatic carbocycles. The Bertz CT molecular complexity index is 275. The van der Waals surface area contributed by atoms with Gasteiger partial charge in [0.05, 0.1) is 0 Å². The summed E-state index contributed by atoms with van der Waals surface area (Å²) in [5.41, 5.74) is -0.239. The van der Waals surface area contributed by atoms with Crippen LogP contribution in [0.4, 0.5) is 0 Å². The quantitative estimate of drug-likeness (QED) is 0.586. The summed E-state index contributed by atoms with van der Waals surface area (Å²) in [4.78, 5) is 11.9. The summed E-state index contributed by atoms with van der Waals surface area (Å²) < 4.78 is 5.80. The largest absolute Gasteiger partial charge is 0.481 e. The fourth-order valence-corrected chi connectivity index (χ4v) is 2.43. The van der Waals surface area contributed by atoms with Crippen molar-refractivity contribution in [1.29, 1.82) is 0 Å². The minimum absolute atomic E-state index is 0. The molecule has 17 heavy (non-hydrogen) atoms. The first-order valence-corrected chi connectivity index (χ1v) is 6.30. The average molecular weight is 314 g/mol. The molecule has 1 radical (unpaired) electrons. The molecule has 0 aromatic rings. The van der Waals surface area contributed by atoms with E-state index in [0.717, 1.165) is 25.2 Å². The summed E-state index contributed by atoms with van der Waals surface area (Å²) >= 11 is 0. The van der Waals surface area contributed by atoms with Gasteiger partial charge in [0.1, 0.15) is 5.60 Å². The number of carbonyl (C=O) groups excluding carboxylic acids is 1. The molecule has 0 N–H and O–H groups in total. The van der Waals surface area contributed by atoms with Gasteiger partial charge >= 0.3 is 0 Å². The number of hydrogen-bond donors (Lipinski definition) is 0.